The zero-order valence-electron chi connectivity index (χ0n) is 13.3. The Kier molecular flexibility index (Phi) is 6.04. The molecule has 0 fully saturated rings. The smallest absolute Gasteiger partial charge is 0.354 e. The average molecular weight is 338 g/mol. The maximum absolute atomic E-state index is 11.7. The summed E-state index contributed by atoms with van der Waals surface area (Å²) in [4.78, 5) is 26.4. The molecule has 0 radical (unpaired) electrons. The van der Waals surface area contributed by atoms with E-state index in [0.717, 1.165) is 18.2 Å². The van der Waals surface area contributed by atoms with Gasteiger partial charge in [-0.25, -0.2) is 4.79 Å². The molecular formula is C17H20ClNO4. The van der Waals surface area contributed by atoms with Crippen molar-refractivity contribution in [3.05, 3.63) is 28.9 Å². The topological polar surface area (TPSA) is 68.4 Å². The molecule has 0 unspecified atom stereocenters. The maximum atomic E-state index is 11.7. The quantitative estimate of drug-likeness (QED) is 0.735. The number of hydrogen-bond donors (Lipinski definition) is 1. The van der Waals surface area contributed by atoms with Crippen LogP contribution in [0, 0.1) is 0 Å². The van der Waals surface area contributed by atoms with E-state index in [-0.39, 0.29) is 12.4 Å². The van der Waals surface area contributed by atoms with Crippen LogP contribution in [0.15, 0.2) is 18.2 Å². The largest absolute Gasteiger partial charge is 0.484 e. The molecule has 1 aromatic heterocycles. The Labute approximate surface area is 139 Å². The van der Waals surface area contributed by atoms with Crippen LogP contribution in [-0.4, -0.2) is 30.0 Å². The van der Waals surface area contributed by atoms with Crippen molar-refractivity contribution in [2.45, 2.75) is 33.1 Å². The first kappa shape index (κ1) is 17.3. The molecule has 0 saturated carbocycles. The van der Waals surface area contributed by atoms with E-state index >= 15 is 0 Å². The van der Waals surface area contributed by atoms with Crippen LogP contribution in [0.2, 0.25) is 5.02 Å². The van der Waals surface area contributed by atoms with Crippen molar-refractivity contribution in [3.8, 4) is 5.75 Å². The first-order chi connectivity index (χ1) is 11.0. The van der Waals surface area contributed by atoms with E-state index in [1.165, 1.54) is 0 Å². The molecule has 0 amide bonds. The van der Waals surface area contributed by atoms with Gasteiger partial charge in [-0.2, -0.15) is 0 Å². The Morgan fingerprint density at radius 3 is 2.70 bits per heavy atom. The minimum absolute atomic E-state index is 0.00330. The fraction of sp³-hybridized carbons (Fsp3) is 0.412. The number of unbranched alkanes of at least 4 members (excludes halogenated alkanes) is 1. The summed E-state index contributed by atoms with van der Waals surface area (Å²) in [6.07, 6.45) is 2.33. The number of aromatic nitrogens is 1. The van der Waals surface area contributed by atoms with Gasteiger partial charge in [-0.3, -0.25) is 4.79 Å². The van der Waals surface area contributed by atoms with Gasteiger partial charge in [0.15, 0.2) is 5.78 Å². The van der Waals surface area contributed by atoms with Gasteiger partial charge in [0.1, 0.15) is 18.1 Å². The zero-order valence-corrected chi connectivity index (χ0v) is 14.0. The highest BCUT2D eigenvalue weighted by Gasteiger charge is 2.13. The van der Waals surface area contributed by atoms with Crippen LogP contribution in [0.5, 0.6) is 5.75 Å². The molecule has 1 N–H and O–H groups in total. The number of carbonyl (C=O) groups excluding carboxylic acids is 2. The predicted octanol–water partition coefficient (Wildman–Crippen LogP) is 4.14. The molecule has 124 valence electrons. The molecule has 0 saturated heterocycles. The highest BCUT2D eigenvalue weighted by Crippen LogP contribution is 2.30. The van der Waals surface area contributed by atoms with Gasteiger partial charge in [-0.1, -0.05) is 24.9 Å². The number of halogens is 1. The summed E-state index contributed by atoms with van der Waals surface area (Å²) in [5.41, 5.74) is 1.06. The van der Waals surface area contributed by atoms with Gasteiger partial charge in [0.2, 0.25) is 0 Å². The van der Waals surface area contributed by atoms with E-state index in [1.54, 1.807) is 25.1 Å². The van der Waals surface area contributed by atoms with Crippen molar-refractivity contribution in [2.75, 3.05) is 13.2 Å². The number of esters is 1. The molecule has 0 aliphatic carbocycles. The van der Waals surface area contributed by atoms with E-state index in [4.69, 9.17) is 21.1 Å². The predicted molar refractivity (Wildman–Crippen MR) is 89.3 cm³/mol. The van der Waals surface area contributed by atoms with Crippen molar-refractivity contribution in [1.29, 1.82) is 0 Å². The summed E-state index contributed by atoms with van der Waals surface area (Å²) in [6.45, 7) is 4.09. The van der Waals surface area contributed by atoms with Gasteiger partial charge < -0.3 is 14.5 Å². The SMILES string of the molecule is CCCCC(=O)COc1cc2[nH]c(C(=O)OCC)cc2cc1Cl. The third kappa shape index (κ3) is 4.48. The van der Waals surface area contributed by atoms with Crippen molar-refractivity contribution < 1.29 is 19.1 Å². The van der Waals surface area contributed by atoms with Gasteiger partial charge in [0.25, 0.3) is 0 Å². The molecule has 23 heavy (non-hydrogen) atoms. The van der Waals surface area contributed by atoms with Crippen LogP contribution >= 0.6 is 11.6 Å². The lowest BCUT2D eigenvalue weighted by Gasteiger charge is -2.07. The van der Waals surface area contributed by atoms with E-state index in [1.807, 2.05) is 6.92 Å². The Morgan fingerprint density at radius 1 is 1.22 bits per heavy atom. The van der Waals surface area contributed by atoms with Crippen LogP contribution in [0.3, 0.4) is 0 Å². The summed E-state index contributed by atoms with van der Waals surface area (Å²) in [6, 6.07) is 5.06. The fourth-order valence-electron chi connectivity index (χ4n) is 2.17. The Bertz CT molecular complexity index is 708. The summed E-state index contributed by atoms with van der Waals surface area (Å²) in [7, 11) is 0. The number of aromatic amines is 1. The van der Waals surface area contributed by atoms with Crippen molar-refractivity contribution >= 4 is 34.3 Å². The van der Waals surface area contributed by atoms with Crippen LogP contribution in [-0.2, 0) is 9.53 Å². The average Bonchev–Trinajstić information content (AvgIpc) is 2.93. The number of ketones is 1. The molecular weight excluding hydrogens is 318 g/mol. The van der Waals surface area contributed by atoms with Crippen LogP contribution in [0.1, 0.15) is 43.6 Å². The van der Waals surface area contributed by atoms with Crippen molar-refractivity contribution in [1.82, 2.24) is 4.98 Å². The van der Waals surface area contributed by atoms with E-state index in [2.05, 4.69) is 4.98 Å². The molecule has 0 aliphatic heterocycles. The molecule has 0 spiro atoms. The van der Waals surface area contributed by atoms with Gasteiger partial charge in [-0.05, 0) is 25.5 Å². The highest BCUT2D eigenvalue weighted by atomic mass is 35.5. The molecule has 0 bridgehead atoms. The lowest BCUT2D eigenvalue weighted by molar-refractivity contribution is -0.121. The van der Waals surface area contributed by atoms with Gasteiger partial charge >= 0.3 is 5.97 Å². The lowest BCUT2D eigenvalue weighted by Crippen LogP contribution is -2.11. The third-order valence-electron chi connectivity index (χ3n) is 3.37. The normalized spacial score (nSPS) is 10.7. The fourth-order valence-corrected chi connectivity index (χ4v) is 2.39. The first-order valence-corrected chi connectivity index (χ1v) is 8.06. The Morgan fingerprint density at radius 2 is 2.00 bits per heavy atom. The second-order valence-electron chi connectivity index (χ2n) is 5.20. The molecule has 2 rings (SSSR count). The standard InChI is InChI=1S/C17H20ClNO4/c1-3-5-6-12(20)10-23-16-9-14-11(7-13(16)18)8-15(19-14)17(21)22-4-2/h7-9,19H,3-6,10H2,1-2H3. The molecule has 0 aliphatic rings. The number of rotatable bonds is 8. The Hall–Kier alpha value is -2.01. The minimum atomic E-state index is -0.419. The number of nitrogens with one attached hydrogen (secondary N) is 1. The zero-order chi connectivity index (χ0) is 16.8. The number of carbonyl (C=O) groups is 2. The Balaban J connectivity index is 2.13. The van der Waals surface area contributed by atoms with E-state index in [9.17, 15) is 9.59 Å². The van der Waals surface area contributed by atoms with Crippen molar-refractivity contribution in [3.63, 3.8) is 0 Å². The maximum Gasteiger partial charge on any atom is 0.354 e. The van der Waals surface area contributed by atoms with Crippen LogP contribution in [0.4, 0.5) is 0 Å². The summed E-state index contributed by atoms with van der Waals surface area (Å²) in [5, 5.41) is 1.18. The van der Waals surface area contributed by atoms with E-state index in [0.29, 0.717) is 35.0 Å². The minimum Gasteiger partial charge on any atom is -0.484 e. The highest BCUT2D eigenvalue weighted by molar-refractivity contribution is 6.32. The molecule has 2 aromatic rings. The molecule has 5 nitrogen and oxygen atoms in total. The van der Waals surface area contributed by atoms with Crippen molar-refractivity contribution in [2.24, 2.45) is 0 Å². The second kappa shape index (κ2) is 8.02. The molecule has 1 aromatic carbocycles. The van der Waals surface area contributed by atoms with Gasteiger partial charge in [-0.15, -0.1) is 0 Å². The van der Waals surface area contributed by atoms with E-state index < -0.39 is 5.97 Å². The lowest BCUT2D eigenvalue weighted by atomic mass is 10.2. The third-order valence-corrected chi connectivity index (χ3v) is 3.66. The number of ether oxygens (including phenoxy) is 2. The number of fused-ring (bicyclic) bond motifs is 1. The summed E-state index contributed by atoms with van der Waals surface area (Å²) >= 11 is 6.17. The number of Topliss-reactive ketones (excluding diaryl/α,β-unsaturated/α-hetero) is 1. The number of hydrogen-bond acceptors (Lipinski definition) is 4. The van der Waals surface area contributed by atoms with Gasteiger partial charge in [0.05, 0.1) is 11.6 Å². The molecule has 1 heterocycles. The summed E-state index contributed by atoms with van der Waals surface area (Å²) < 4.78 is 10.5. The number of benzene rings is 1. The van der Waals surface area contributed by atoms with Gasteiger partial charge in [0, 0.05) is 23.4 Å². The van der Waals surface area contributed by atoms with Crippen LogP contribution in [0.25, 0.3) is 10.9 Å². The molecule has 6 heteroatoms. The monoisotopic (exact) mass is 337 g/mol. The van der Waals surface area contributed by atoms with Crippen LogP contribution < -0.4 is 4.74 Å². The molecule has 0 atom stereocenters. The summed E-state index contributed by atoms with van der Waals surface area (Å²) in [5.74, 6) is 0.0417. The second-order valence-corrected chi connectivity index (χ2v) is 5.61. The first-order valence-electron chi connectivity index (χ1n) is 7.69. The number of H-pyrrole nitrogens is 1.